The van der Waals surface area contributed by atoms with Gasteiger partial charge in [0.25, 0.3) is 10.0 Å². The van der Waals surface area contributed by atoms with Gasteiger partial charge in [0.1, 0.15) is 6.54 Å². The maximum atomic E-state index is 13.3. The molecule has 0 saturated carbocycles. The Morgan fingerprint density at radius 1 is 0.941 bits per heavy atom. The molecule has 3 aromatic carbocycles. The van der Waals surface area contributed by atoms with E-state index in [2.05, 4.69) is 5.32 Å². The van der Waals surface area contributed by atoms with Crippen LogP contribution < -0.4 is 19.1 Å². The first kappa shape index (κ1) is 23.4. The fraction of sp³-hybridized carbons (Fsp3) is 0.174. The number of halogens is 3. The van der Waals surface area contributed by atoms with Crippen LogP contribution in [-0.2, 0) is 27.5 Å². The second-order valence-electron chi connectivity index (χ2n) is 7.34. The summed E-state index contributed by atoms with van der Waals surface area (Å²) in [5, 5.41) is 2.60. The number of amides is 1. The van der Waals surface area contributed by atoms with Crippen molar-refractivity contribution in [3.8, 4) is 11.5 Å². The first-order valence-corrected chi connectivity index (χ1v) is 11.5. The summed E-state index contributed by atoms with van der Waals surface area (Å²) in [5.41, 5.74) is -0.634. The number of fused-ring (bicyclic) bond motifs is 1. The molecule has 0 saturated heterocycles. The van der Waals surface area contributed by atoms with Crippen molar-refractivity contribution in [3.05, 3.63) is 83.9 Å². The molecule has 0 aliphatic carbocycles. The molecule has 0 aromatic heterocycles. The van der Waals surface area contributed by atoms with Gasteiger partial charge in [-0.05, 0) is 48.0 Å². The van der Waals surface area contributed by atoms with Gasteiger partial charge in [-0.1, -0.05) is 30.3 Å². The predicted molar refractivity (Wildman–Crippen MR) is 117 cm³/mol. The van der Waals surface area contributed by atoms with Crippen molar-refractivity contribution in [2.75, 3.05) is 17.6 Å². The zero-order valence-electron chi connectivity index (χ0n) is 17.6. The van der Waals surface area contributed by atoms with Gasteiger partial charge >= 0.3 is 6.18 Å². The number of carbonyl (C=O) groups is 1. The highest BCUT2D eigenvalue weighted by molar-refractivity contribution is 7.92. The van der Waals surface area contributed by atoms with Crippen LogP contribution in [-0.4, -0.2) is 27.7 Å². The van der Waals surface area contributed by atoms with Gasteiger partial charge in [-0.2, -0.15) is 13.2 Å². The molecular weight excluding hydrogens is 473 g/mol. The lowest BCUT2D eigenvalue weighted by atomic mass is 10.2. The first-order valence-electron chi connectivity index (χ1n) is 10.0. The molecule has 1 heterocycles. The summed E-state index contributed by atoms with van der Waals surface area (Å²) in [6.45, 7) is -0.575. The normalized spacial score (nSPS) is 12.9. The zero-order chi connectivity index (χ0) is 24.3. The highest BCUT2D eigenvalue weighted by atomic mass is 32.2. The fourth-order valence-corrected chi connectivity index (χ4v) is 4.74. The van der Waals surface area contributed by atoms with Gasteiger partial charge in [-0.25, -0.2) is 8.42 Å². The van der Waals surface area contributed by atoms with Crippen LogP contribution in [0.25, 0.3) is 0 Å². The van der Waals surface area contributed by atoms with Crippen molar-refractivity contribution in [2.45, 2.75) is 17.6 Å². The molecule has 3 aromatic rings. The molecule has 0 unspecified atom stereocenters. The van der Waals surface area contributed by atoms with Crippen LogP contribution in [0.3, 0.4) is 0 Å². The minimum Gasteiger partial charge on any atom is -0.454 e. The van der Waals surface area contributed by atoms with Crippen molar-refractivity contribution < 1.29 is 35.9 Å². The van der Waals surface area contributed by atoms with Crippen LogP contribution in [0.1, 0.15) is 11.1 Å². The Hall–Kier alpha value is -3.73. The van der Waals surface area contributed by atoms with E-state index in [1.165, 1.54) is 30.3 Å². The Bertz CT molecular complexity index is 1300. The number of sulfonamides is 1. The lowest BCUT2D eigenvalue weighted by Gasteiger charge is -2.25. The molecule has 1 amide bonds. The summed E-state index contributed by atoms with van der Waals surface area (Å²) in [4.78, 5) is 12.5. The molecule has 0 fully saturated rings. The van der Waals surface area contributed by atoms with Crippen LogP contribution >= 0.6 is 0 Å². The third-order valence-electron chi connectivity index (χ3n) is 5.01. The van der Waals surface area contributed by atoms with E-state index in [1.807, 2.05) is 0 Å². The highest BCUT2D eigenvalue weighted by Crippen LogP contribution is 2.34. The maximum Gasteiger partial charge on any atom is 0.416 e. The summed E-state index contributed by atoms with van der Waals surface area (Å²) in [5.74, 6) is 0.387. The Balaban J connectivity index is 1.59. The Labute approximate surface area is 193 Å². The van der Waals surface area contributed by atoms with Crippen LogP contribution in [0, 0.1) is 0 Å². The van der Waals surface area contributed by atoms with E-state index >= 15 is 0 Å². The van der Waals surface area contributed by atoms with Crippen molar-refractivity contribution in [2.24, 2.45) is 0 Å². The summed E-state index contributed by atoms with van der Waals surface area (Å²) in [7, 11) is -4.33. The van der Waals surface area contributed by atoms with Gasteiger partial charge in [-0.3, -0.25) is 9.10 Å². The Kier molecular flexibility index (Phi) is 6.38. The lowest BCUT2D eigenvalue weighted by Crippen LogP contribution is -2.40. The van der Waals surface area contributed by atoms with Crippen molar-refractivity contribution >= 4 is 21.6 Å². The monoisotopic (exact) mass is 492 g/mol. The number of nitrogens with zero attached hydrogens (tertiary/aromatic N) is 1. The average molecular weight is 492 g/mol. The van der Waals surface area contributed by atoms with Gasteiger partial charge in [0, 0.05) is 6.54 Å². The molecule has 0 bridgehead atoms. The minimum atomic E-state index is -4.68. The standard InChI is InChI=1S/C23H19F3N2O5S/c24-23(25,26)17-5-4-6-18(12-17)28(34(30,31)19-7-2-1-3-8-19)14-22(29)27-13-16-9-10-20-21(11-16)33-15-32-20/h1-12H,13-15H2,(H,27,29). The molecule has 1 aliphatic rings. The van der Waals surface area contributed by atoms with E-state index < -0.39 is 34.2 Å². The molecule has 7 nitrogen and oxygen atoms in total. The highest BCUT2D eigenvalue weighted by Gasteiger charge is 2.33. The van der Waals surface area contributed by atoms with Crippen molar-refractivity contribution in [3.63, 3.8) is 0 Å². The van der Waals surface area contributed by atoms with Crippen LogP contribution in [0.5, 0.6) is 11.5 Å². The topological polar surface area (TPSA) is 84.9 Å². The van der Waals surface area contributed by atoms with Crippen molar-refractivity contribution in [1.29, 1.82) is 0 Å². The number of nitrogens with one attached hydrogen (secondary N) is 1. The number of hydrogen-bond donors (Lipinski definition) is 1. The summed E-state index contributed by atoms with van der Waals surface area (Å²) in [6, 6.07) is 16.1. The second-order valence-corrected chi connectivity index (χ2v) is 9.20. The SMILES string of the molecule is O=C(CN(c1cccc(C(F)(F)F)c1)S(=O)(=O)c1ccccc1)NCc1ccc2c(c1)OCO2. The Morgan fingerprint density at radius 3 is 2.41 bits per heavy atom. The zero-order valence-corrected chi connectivity index (χ0v) is 18.4. The maximum absolute atomic E-state index is 13.3. The van der Waals surface area contributed by atoms with E-state index in [0.29, 0.717) is 27.4 Å². The molecule has 0 atom stereocenters. The van der Waals surface area contributed by atoms with E-state index in [1.54, 1.807) is 24.3 Å². The van der Waals surface area contributed by atoms with Gasteiger partial charge < -0.3 is 14.8 Å². The van der Waals surface area contributed by atoms with Gasteiger partial charge in [0.05, 0.1) is 16.1 Å². The molecule has 11 heteroatoms. The number of rotatable bonds is 7. The third-order valence-corrected chi connectivity index (χ3v) is 6.79. The summed E-state index contributed by atoms with van der Waals surface area (Å²) >= 11 is 0. The van der Waals surface area contributed by atoms with E-state index in [-0.39, 0.29) is 23.9 Å². The van der Waals surface area contributed by atoms with E-state index in [4.69, 9.17) is 9.47 Å². The quantitative estimate of drug-likeness (QED) is 0.540. The fourth-order valence-electron chi connectivity index (χ4n) is 3.31. The predicted octanol–water partition coefficient (Wildman–Crippen LogP) is 3.95. The third kappa shape index (κ3) is 5.09. The molecule has 1 aliphatic heterocycles. The number of carbonyl (C=O) groups excluding carboxylic acids is 1. The van der Waals surface area contributed by atoms with E-state index in [0.717, 1.165) is 12.1 Å². The molecule has 0 radical (unpaired) electrons. The number of alkyl halides is 3. The molecule has 178 valence electrons. The van der Waals surface area contributed by atoms with Crippen LogP contribution in [0.4, 0.5) is 18.9 Å². The molecule has 4 rings (SSSR count). The number of benzene rings is 3. The lowest BCUT2D eigenvalue weighted by molar-refractivity contribution is -0.137. The smallest absolute Gasteiger partial charge is 0.416 e. The summed E-state index contributed by atoms with van der Waals surface area (Å²) in [6.07, 6.45) is -4.68. The summed E-state index contributed by atoms with van der Waals surface area (Å²) < 4.78 is 77.5. The van der Waals surface area contributed by atoms with Crippen LogP contribution in [0.15, 0.2) is 77.7 Å². The number of anilines is 1. The van der Waals surface area contributed by atoms with Crippen LogP contribution in [0.2, 0.25) is 0 Å². The van der Waals surface area contributed by atoms with E-state index in [9.17, 15) is 26.4 Å². The molecular formula is C23H19F3N2O5S. The molecule has 0 spiro atoms. The minimum absolute atomic E-state index is 0.0529. The average Bonchev–Trinajstić information content (AvgIpc) is 3.29. The number of hydrogen-bond acceptors (Lipinski definition) is 5. The number of ether oxygens (including phenoxy) is 2. The molecule has 1 N–H and O–H groups in total. The molecule has 34 heavy (non-hydrogen) atoms. The van der Waals surface area contributed by atoms with Gasteiger partial charge in [-0.15, -0.1) is 0 Å². The van der Waals surface area contributed by atoms with Gasteiger partial charge in [0.15, 0.2) is 11.5 Å². The largest absolute Gasteiger partial charge is 0.454 e. The Morgan fingerprint density at radius 2 is 1.68 bits per heavy atom. The van der Waals surface area contributed by atoms with Gasteiger partial charge in [0.2, 0.25) is 12.7 Å². The second kappa shape index (κ2) is 9.26. The first-order chi connectivity index (χ1) is 16.1. The van der Waals surface area contributed by atoms with Crippen molar-refractivity contribution in [1.82, 2.24) is 5.32 Å².